The second-order valence-electron chi connectivity index (χ2n) is 2.92. The molecule has 0 unspecified atom stereocenters. The fourth-order valence-electron chi connectivity index (χ4n) is 1.13. The number of ether oxygens (including phenoxy) is 1. The molecule has 0 saturated heterocycles. The summed E-state index contributed by atoms with van der Waals surface area (Å²) in [5.74, 6) is -0.0508. The van der Waals surface area contributed by atoms with Gasteiger partial charge in [-0.25, -0.2) is 0 Å². The minimum Gasteiger partial charge on any atom is -0.395 e. The molecule has 5 nitrogen and oxygen atoms in total. The lowest BCUT2D eigenvalue weighted by molar-refractivity contribution is -0.132. The third-order valence-electron chi connectivity index (χ3n) is 1.83. The molecule has 2 N–H and O–H groups in total. The quantitative estimate of drug-likeness (QED) is 0.510. The van der Waals surface area contributed by atoms with Crippen molar-refractivity contribution in [2.24, 2.45) is 0 Å². The molecule has 0 aliphatic rings. The maximum Gasteiger partial charge on any atom is 0.222 e. The summed E-state index contributed by atoms with van der Waals surface area (Å²) in [6.45, 7) is 0.975. The Balaban J connectivity index is 3.76. The molecule has 1 amide bonds. The number of methoxy groups -OCH3 is 1. The van der Waals surface area contributed by atoms with Crippen LogP contribution in [0.1, 0.15) is 12.8 Å². The third kappa shape index (κ3) is 5.90. The number of carbonyl (C=O) groups is 1. The molecule has 0 aromatic rings. The SMILES string of the molecule is COCCCC(=O)N(CCO)CCO. The van der Waals surface area contributed by atoms with Gasteiger partial charge in [-0.05, 0) is 6.42 Å². The van der Waals surface area contributed by atoms with Crippen molar-refractivity contribution >= 4 is 5.91 Å². The minimum atomic E-state index is -0.0734. The first-order chi connectivity index (χ1) is 6.76. The van der Waals surface area contributed by atoms with Crippen molar-refractivity contribution in [1.29, 1.82) is 0 Å². The van der Waals surface area contributed by atoms with Gasteiger partial charge in [0.15, 0.2) is 0 Å². The monoisotopic (exact) mass is 205 g/mol. The predicted octanol–water partition coefficient (Wildman–Crippen LogP) is -0.774. The van der Waals surface area contributed by atoms with Gasteiger partial charge >= 0.3 is 0 Å². The van der Waals surface area contributed by atoms with Gasteiger partial charge in [-0.3, -0.25) is 4.79 Å². The number of hydrogen-bond donors (Lipinski definition) is 2. The first-order valence-corrected chi connectivity index (χ1v) is 4.74. The number of amides is 1. The lowest BCUT2D eigenvalue weighted by Crippen LogP contribution is -2.35. The molecule has 0 saturated carbocycles. The van der Waals surface area contributed by atoms with Gasteiger partial charge in [-0.15, -0.1) is 0 Å². The summed E-state index contributed by atoms with van der Waals surface area (Å²) in [6.07, 6.45) is 1.07. The molecule has 0 fully saturated rings. The molecule has 84 valence electrons. The number of hydrogen-bond acceptors (Lipinski definition) is 4. The van der Waals surface area contributed by atoms with Gasteiger partial charge < -0.3 is 19.8 Å². The van der Waals surface area contributed by atoms with Crippen molar-refractivity contribution in [3.8, 4) is 0 Å². The molecule has 0 radical (unpaired) electrons. The highest BCUT2D eigenvalue weighted by atomic mass is 16.5. The average molecular weight is 205 g/mol. The molecule has 0 aromatic heterocycles. The molecule has 0 atom stereocenters. The molecule has 0 heterocycles. The smallest absolute Gasteiger partial charge is 0.222 e. The summed E-state index contributed by atoms with van der Waals surface area (Å²) in [5.41, 5.74) is 0. The van der Waals surface area contributed by atoms with Crippen LogP contribution in [0.4, 0.5) is 0 Å². The van der Waals surface area contributed by atoms with Crippen LogP contribution in [0, 0.1) is 0 Å². The Morgan fingerprint density at radius 1 is 1.29 bits per heavy atom. The Labute approximate surface area is 84.3 Å². The predicted molar refractivity (Wildman–Crippen MR) is 51.9 cm³/mol. The van der Waals surface area contributed by atoms with Crippen LogP contribution in [-0.2, 0) is 9.53 Å². The summed E-state index contributed by atoms with van der Waals surface area (Å²) in [6, 6.07) is 0. The van der Waals surface area contributed by atoms with Gasteiger partial charge in [-0.2, -0.15) is 0 Å². The molecular weight excluding hydrogens is 186 g/mol. The second kappa shape index (κ2) is 8.93. The zero-order chi connectivity index (χ0) is 10.8. The Kier molecular flexibility index (Phi) is 8.51. The molecule has 14 heavy (non-hydrogen) atoms. The Hall–Kier alpha value is -0.650. The van der Waals surface area contributed by atoms with Gasteiger partial charge in [0.1, 0.15) is 0 Å². The van der Waals surface area contributed by atoms with E-state index >= 15 is 0 Å². The Morgan fingerprint density at radius 3 is 2.29 bits per heavy atom. The lowest BCUT2D eigenvalue weighted by Gasteiger charge is -2.20. The van der Waals surface area contributed by atoms with E-state index in [0.29, 0.717) is 19.4 Å². The van der Waals surface area contributed by atoms with Crippen LogP contribution >= 0.6 is 0 Å². The highest BCUT2D eigenvalue weighted by molar-refractivity contribution is 5.76. The topological polar surface area (TPSA) is 70.0 Å². The van der Waals surface area contributed by atoms with Crippen LogP contribution in [0.2, 0.25) is 0 Å². The van der Waals surface area contributed by atoms with E-state index in [1.807, 2.05) is 0 Å². The number of aliphatic hydroxyl groups is 2. The molecular formula is C9H19NO4. The zero-order valence-corrected chi connectivity index (χ0v) is 8.61. The van der Waals surface area contributed by atoms with Gasteiger partial charge in [0.2, 0.25) is 5.91 Å². The van der Waals surface area contributed by atoms with Crippen molar-refractivity contribution < 1.29 is 19.7 Å². The molecule has 0 spiro atoms. The van der Waals surface area contributed by atoms with Crippen molar-refractivity contribution in [3.05, 3.63) is 0 Å². The van der Waals surface area contributed by atoms with Crippen molar-refractivity contribution in [1.82, 2.24) is 4.90 Å². The van der Waals surface area contributed by atoms with Crippen LogP contribution in [0.3, 0.4) is 0 Å². The van der Waals surface area contributed by atoms with Crippen LogP contribution in [0.15, 0.2) is 0 Å². The van der Waals surface area contributed by atoms with E-state index in [-0.39, 0.29) is 32.2 Å². The largest absolute Gasteiger partial charge is 0.395 e. The van der Waals surface area contributed by atoms with E-state index in [0.717, 1.165) is 0 Å². The zero-order valence-electron chi connectivity index (χ0n) is 8.61. The van der Waals surface area contributed by atoms with Gasteiger partial charge in [-0.1, -0.05) is 0 Å². The summed E-state index contributed by atoms with van der Waals surface area (Å²) in [7, 11) is 1.59. The van der Waals surface area contributed by atoms with Crippen LogP contribution < -0.4 is 0 Å². The number of nitrogens with zero attached hydrogens (tertiary/aromatic N) is 1. The fraction of sp³-hybridized carbons (Fsp3) is 0.889. The first kappa shape index (κ1) is 13.4. The van der Waals surface area contributed by atoms with Crippen LogP contribution in [-0.4, -0.2) is 61.0 Å². The van der Waals surface area contributed by atoms with Gasteiger partial charge in [0.25, 0.3) is 0 Å². The van der Waals surface area contributed by atoms with Crippen molar-refractivity contribution in [2.45, 2.75) is 12.8 Å². The summed E-state index contributed by atoms with van der Waals surface area (Å²) >= 11 is 0. The lowest BCUT2D eigenvalue weighted by atomic mass is 10.3. The number of rotatable bonds is 8. The van der Waals surface area contributed by atoms with Crippen LogP contribution in [0.25, 0.3) is 0 Å². The summed E-state index contributed by atoms with van der Waals surface area (Å²) < 4.78 is 4.82. The third-order valence-corrected chi connectivity index (χ3v) is 1.83. The van der Waals surface area contributed by atoms with E-state index in [1.54, 1.807) is 7.11 Å². The first-order valence-electron chi connectivity index (χ1n) is 4.74. The van der Waals surface area contributed by atoms with Crippen LogP contribution in [0.5, 0.6) is 0 Å². The second-order valence-corrected chi connectivity index (χ2v) is 2.92. The van der Waals surface area contributed by atoms with E-state index < -0.39 is 0 Å². The molecule has 0 bridgehead atoms. The maximum atomic E-state index is 11.4. The van der Waals surface area contributed by atoms with Gasteiger partial charge in [0.05, 0.1) is 13.2 Å². The standard InChI is InChI=1S/C9H19NO4/c1-14-8-2-3-9(13)10(4-6-11)5-7-12/h11-12H,2-8H2,1H3. The number of carbonyl (C=O) groups excluding carboxylic acids is 1. The van der Waals surface area contributed by atoms with Gasteiger partial charge in [0, 0.05) is 33.2 Å². The minimum absolute atomic E-state index is 0.0508. The Morgan fingerprint density at radius 2 is 1.86 bits per heavy atom. The van der Waals surface area contributed by atoms with Crippen molar-refractivity contribution in [2.75, 3.05) is 40.0 Å². The normalized spacial score (nSPS) is 10.2. The molecule has 5 heteroatoms. The molecule has 0 aliphatic heterocycles. The van der Waals surface area contributed by atoms with E-state index in [2.05, 4.69) is 0 Å². The summed E-state index contributed by atoms with van der Waals surface area (Å²) in [5, 5.41) is 17.4. The highest BCUT2D eigenvalue weighted by Crippen LogP contribution is 1.97. The molecule has 0 rings (SSSR count). The average Bonchev–Trinajstić information content (AvgIpc) is 2.18. The van der Waals surface area contributed by atoms with Crippen molar-refractivity contribution in [3.63, 3.8) is 0 Å². The summed E-state index contributed by atoms with van der Waals surface area (Å²) in [4.78, 5) is 12.9. The van der Waals surface area contributed by atoms with E-state index in [9.17, 15) is 4.79 Å². The fourth-order valence-corrected chi connectivity index (χ4v) is 1.13. The Bertz CT molecular complexity index is 146. The highest BCUT2D eigenvalue weighted by Gasteiger charge is 2.11. The molecule has 0 aliphatic carbocycles. The van der Waals surface area contributed by atoms with E-state index in [1.165, 1.54) is 4.90 Å². The number of aliphatic hydroxyl groups excluding tert-OH is 2. The molecule has 0 aromatic carbocycles. The van der Waals surface area contributed by atoms with E-state index in [4.69, 9.17) is 14.9 Å². The maximum absolute atomic E-state index is 11.4.